The van der Waals surface area contributed by atoms with Crippen LogP contribution in [0.5, 0.6) is 0 Å². The Morgan fingerprint density at radius 1 is 0.302 bits per heavy atom. The van der Waals surface area contributed by atoms with Gasteiger partial charge in [-0.3, -0.25) is 37.3 Å². The van der Waals surface area contributed by atoms with E-state index < -0.39 is 97.5 Å². The molecule has 5 atom stereocenters. The van der Waals surface area contributed by atoms with Gasteiger partial charge in [-0.25, -0.2) is 9.13 Å². The molecule has 0 aromatic heterocycles. The molecule has 0 aromatic rings. The molecule has 0 fully saturated rings. The van der Waals surface area contributed by atoms with E-state index in [1.165, 1.54) is 135 Å². The summed E-state index contributed by atoms with van der Waals surface area (Å²) in [5.41, 5.74) is 0. The van der Waals surface area contributed by atoms with Gasteiger partial charge in [0.2, 0.25) is 0 Å². The number of carbonyl (C=O) groups is 4. The first-order chi connectivity index (χ1) is 46.7. The Labute approximate surface area is 583 Å². The van der Waals surface area contributed by atoms with E-state index in [0.717, 1.165) is 116 Å². The van der Waals surface area contributed by atoms with Crippen molar-refractivity contribution >= 4 is 39.5 Å². The molecule has 19 heteroatoms. The van der Waals surface area contributed by atoms with Crippen LogP contribution in [0.2, 0.25) is 0 Å². The molecule has 3 N–H and O–H groups in total. The normalized spacial score (nSPS) is 14.4. The number of hydrogen-bond acceptors (Lipinski definition) is 15. The number of allylic oxidation sites excluding steroid dienone is 12. The fraction of sp³-hybridized carbons (Fsp3) is 0.792. The number of ether oxygens (including phenoxy) is 4. The van der Waals surface area contributed by atoms with Gasteiger partial charge in [0.1, 0.15) is 19.3 Å². The zero-order valence-electron chi connectivity index (χ0n) is 60.8. The van der Waals surface area contributed by atoms with Crippen LogP contribution < -0.4 is 0 Å². The maximum Gasteiger partial charge on any atom is 0.472 e. The molecule has 0 aliphatic rings. The fourth-order valence-corrected chi connectivity index (χ4v) is 11.9. The predicted molar refractivity (Wildman–Crippen MR) is 390 cm³/mol. The summed E-state index contributed by atoms with van der Waals surface area (Å²) in [6.07, 6.45) is 69.1. The number of unbranched alkanes of at least 4 members (excludes halogenated alkanes) is 34. The average molecular weight is 1400 g/mol. The van der Waals surface area contributed by atoms with Crippen molar-refractivity contribution in [2.45, 2.75) is 354 Å². The van der Waals surface area contributed by atoms with Crippen LogP contribution in [0.3, 0.4) is 0 Å². The van der Waals surface area contributed by atoms with Crippen molar-refractivity contribution in [2.24, 2.45) is 0 Å². The molecule has 0 bridgehead atoms. The molecular formula is C77H138O17P2. The lowest BCUT2D eigenvalue weighted by molar-refractivity contribution is -0.161. The number of carbonyl (C=O) groups excluding carboxylic acids is 4. The van der Waals surface area contributed by atoms with Gasteiger partial charge in [0.05, 0.1) is 26.4 Å². The molecular weight excluding hydrogens is 1260 g/mol. The van der Waals surface area contributed by atoms with E-state index in [4.69, 9.17) is 37.0 Å². The van der Waals surface area contributed by atoms with Crippen molar-refractivity contribution < 1.29 is 80.2 Å². The Kier molecular flexibility index (Phi) is 67.4. The second-order valence-corrected chi connectivity index (χ2v) is 28.5. The van der Waals surface area contributed by atoms with Gasteiger partial charge in [0, 0.05) is 25.7 Å². The highest BCUT2D eigenvalue weighted by atomic mass is 31.2. The summed E-state index contributed by atoms with van der Waals surface area (Å²) >= 11 is 0. The number of aliphatic hydroxyl groups is 1. The largest absolute Gasteiger partial charge is 0.472 e. The van der Waals surface area contributed by atoms with Crippen molar-refractivity contribution in [3.8, 4) is 0 Å². The van der Waals surface area contributed by atoms with Gasteiger partial charge in [-0.05, 0) is 83.5 Å². The van der Waals surface area contributed by atoms with Gasteiger partial charge in [0.25, 0.3) is 0 Å². The summed E-state index contributed by atoms with van der Waals surface area (Å²) in [6, 6.07) is 0. The summed E-state index contributed by atoms with van der Waals surface area (Å²) in [7, 11) is -9.95. The number of aliphatic hydroxyl groups excluding tert-OH is 1. The lowest BCUT2D eigenvalue weighted by atomic mass is 10.0. The smallest absolute Gasteiger partial charge is 0.462 e. The monoisotopic (exact) mass is 1400 g/mol. The number of rotatable bonds is 72. The van der Waals surface area contributed by atoms with E-state index in [0.29, 0.717) is 32.1 Å². The molecule has 0 aliphatic heterocycles. The Bertz CT molecular complexity index is 2110. The molecule has 5 unspecified atom stereocenters. The molecule has 0 radical (unpaired) electrons. The van der Waals surface area contributed by atoms with Gasteiger partial charge in [-0.15, -0.1) is 0 Å². The van der Waals surface area contributed by atoms with E-state index in [-0.39, 0.29) is 25.7 Å². The third-order valence-corrected chi connectivity index (χ3v) is 18.1. The highest BCUT2D eigenvalue weighted by Crippen LogP contribution is 2.45. The number of phosphoric acid groups is 2. The third-order valence-electron chi connectivity index (χ3n) is 16.2. The van der Waals surface area contributed by atoms with E-state index in [1.54, 1.807) is 0 Å². The van der Waals surface area contributed by atoms with E-state index >= 15 is 0 Å². The van der Waals surface area contributed by atoms with Gasteiger partial charge >= 0.3 is 39.5 Å². The minimum Gasteiger partial charge on any atom is -0.462 e. The highest BCUT2D eigenvalue weighted by Gasteiger charge is 2.30. The summed E-state index contributed by atoms with van der Waals surface area (Å²) < 4.78 is 68.4. The second-order valence-electron chi connectivity index (χ2n) is 25.6. The zero-order valence-corrected chi connectivity index (χ0v) is 62.6. The van der Waals surface area contributed by atoms with E-state index in [2.05, 4.69) is 88.5 Å². The summed E-state index contributed by atoms with van der Waals surface area (Å²) in [6.45, 7) is 4.69. The van der Waals surface area contributed by atoms with Crippen LogP contribution in [0.15, 0.2) is 72.9 Å². The maximum atomic E-state index is 13.1. The predicted octanol–water partition coefficient (Wildman–Crippen LogP) is 21.7. The first kappa shape index (κ1) is 92.5. The van der Waals surface area contributed by atoms with Gasteiger partial charge in [-0.2, -0.15) is 0 Å². The van der Waals surface area contributed by atoms with Crippen molar-refractivity contribution in [2.75, 3.05) is 39.6 Å². The lowest BCUT2D eigenvalue weighted by Crippen LogP contribution is -2.30. The Hall–Kier alpha value is -3.50. The second kappa shape index (κ2) is 70.0. The lowest BCUT2D eigenvalue weighted by Gasteiger charge is -2.21. The van der Waals surface area contributed by atoms with Crippen LogP contribution in [0.4, 0.5) is 0 Å². The number of hydrogen-bond donors (Lipinski definition) is 3. The molecule has 0 rings (SSSR count). The van der Waals surface area contributed by atoms with Crippen molar-refractivity contribution in [3.05, 3.63) is 72.9 Å². The average Bonchev–Trinajstić information content (AvgIpc) is 1.13. The fourth-order valence-electron chi connectivity index (χ4n) is 10.4. The van der Waals surface area contributed by atoms with Gasteiger partial charge < -0.3 is 33.8 Å². The first-order valence-corrected chi connectivity index (χ1v) is 41.2. The molecule has 96 heavy (non-hydrogen) atoms. The Morgan fingerprint density at radius 2 is 0.562 bits per heavy atom. The topological polar surface area (TPSA) is 237 Å². The maximum absolute atomic E-state index is 13.1. The molecule has 0 heterocycles. The molecule has 0 amide bonds. The zero-order chi connectivity index (χ0) is 70.4. The van der Waals surface area contributed by atoms with Gasteiger partial charge in [-0.1, -0.05) is 300 Å². The third kappa shape index (κ3) is 69.0. The van der Waals surface area contributed by atoms with Crippen LogP contribution in [-0.4, -0.2) is 96.7 Å². The van der Waals surface area contributed by atoms with Crippen molar-refractivity contribution in [1.82, 2.24) is 0 Å². The van der Waals surface area contributed by atoms with Crippen LogP contribution in [0, 0.1) is 0 Å². The molecule has 0 aromatic carbocycles. The molecule has 17 nitrogen and oxygen atoms in total. The van der Waals surface area contributed by atoms with E-state index in [9.17, 15) is 43.2 Å². The number of esters is 4. The summed E-state index contributed by atoms with van der Waals surface area (Å²) in [5.74, 6) is -2.23. The van der Waals surface area contributed by atoms with Crippen LogP contribution >= 0.6 is 15.6 Å². The molecule has 0 saturated carbocycles. The van der Waals surface area contributed by atoms with Crippen LogP contribution in [0.25, 0.3) is 0 Å². The van der Waals surface area contributed by atoms with E-state index in [1.807, 2.05) is 12.2 Å². The van der Waals surface area contributed by atoms with Crippen molar-refractivity contribution in [1.29, 1.82) is 0 Å². The highest BCUT2D eigenvalue weighted by molar-refractivity contribution is 7.47. The molecule has 0 saturated heterocycles. The van der Waals surface area contributed by atoms with Crippen LogP contribution in [0.1, 0.15) is 336 Å². The summed E-state index contributed by atoms with van der Waals surface area (Å²) in [5, 5.41) is 10.6. The summed E-state index contributed by atoms with van der Waals surface area (Å²) in [4.78, 5) is 72.7. The van der Waals surface area contributed by atoms with Crippen molar-refractivity contribution in [3.63, 3.8) is 0 Å². The quantitative estimate of drug-likeness (QED) is 0.0169. The molecule has 0 aliphatic carbocycles. The Balaban J connectivity index is 5.33. The van der Waals surface area contributed by atoms with Gasteiger partial charge in [0.15, 0.2) is 12.2 Å². The standard InChI is InChI=1S/C77H138O17P2/c1-5-9-13-17-21-25-29-32-34-35-37-40-43-46-50-54-58-62-75(80)87-67-72(93-76(81)63-59-55-51-47-41-28-24-20-16-12-8-4)69-91-95(83,84)89-65-71(78)66-90-96(85,86)92-70-73(94-77(82)64-60-56-52-48-44-38-31-27-23-19-15-11-7-3)68-88-74(79)61-57-53-49-45-42-39-36-33-30-26-22-18-14-10-6-2/h9,13,20-21,24-25,32,34,37,40,46,50,71-73,78H,5-8,10-12,14-19,22-23,26-31,33,35-36,38-39,41-45,47-49,51-70H2,1-4H3,(H,83,84)(H,85,86)/b13-9-,24-20-,25-21-,34-32-,40-37-,50-46-. The minimum atomic E-state index is -4.98. The molecule has 558 valence electrons. The minimum absolute atomic E-state index is 0.0743. The van der Waals surface area contributed by atoms with Crippen LogP contribution in [-0.2, 0) is 65.4 Å². The molecule has 0 spiro atoms. The Morgan fingerprint density at radius 3 is 0.917 bits per heavy atom. The SMILES string of the molecule is CC/C=C\C/C=C\C/C=C\C/C=C\C/C=C\CCCC(=O)OCC(COP(=O)(O)OCC(O)COP(=O)(O)OCC(COC(=O)CCCCCCCCCCCCCCCCC)OC(=O)CCCCCCCCCCCCCCC)OC(=O)CCCCCCC/C=C\CCCC. The first-order valence-electron chi connectivity index (χ1n) is 38.2. The number of phosphoric ester groups is 2.